The number of hydrogen-bond donors (Lipinski definition) is 1. The van der Waals surface area contributed by atoms with Crippen LogP contribution in [0.3, 0.4) is 0 Å². The number of aliphatic imine (C=N–C) groups is 1. The molecule has 1 amide bonds. The van der Waals surface area contributed by atoms with E-state index in [9.17, 15) is 23.1 Å². The Labute approximate surface area is 158 Å². The fourth-order valence-corrected chi connectivity index (χ4v) is 3.09. The van der Waals surface area contributed by atoms with Crippen LogP contribution in [-0.2, 0) is 11.0 Å². The van der Waals surface area contributed by atoms with Crippen LogP contribution >= 0.6 is 0 Å². The van der Waals surface area contributed by atoms with Gasteiger partial charge in [-0.15, -0.1) is 0 Å². The Balaban J connectivity index is 1.87. The van der Waals surface area contributed by atoms with E-state index in [1.807, 2.05) is 0 Å². The van der Waals surface area contributed by atoms with Crippen molar-refractivity contribution >= 4 is 28.7 Å². The number of aromatic hydroxyl groups is 1. The van der Waals surface area contributed by atoms with Crippen molar-refractivity contribution < 1.29 is 23.1 Å². The summed E-state index contributed by atoms with van der Waals surface area (Å²) in [5.41, 5.74) is 0.243. The number of carbonyl (C=O) groups excluding carboxylic acids is 1. The van der Waals surface area contributed by atoms with Crippen molar-refractivity contribution in [1.29, 1.82) is 0 Å². The summed E-state index contributed by atoms with van der Waals surface area (Å²) in [6.07, 6.45) is -4.51. The van der Waals surface area contributed by atoms with Crippen molar-refractivity contribution in [3.63, 3.8) is 0 Å². The van der Waals surface area contributed by atoms with Gasteiger partial charge in [0.25, 0.3) is 5.91 Å². The van der Waals surface area contributed by atoms with Gasteiger partial charge in [0, 0.05) is 11.3 Å². The lowest BCUT2D eigenvalue weighted by Crippen LogP contribution is -2.25. The number of halogens is 3. The van der Waals surface area contributed by atoms with E-state index in [-0.39, 0.29) is 22.8 Å². The van der Waals surface area contributed by atoms with Gasteiger partial charge in [-0.1, -0.05) is 36.4 Å². The van der Waals surface area contributed by atoms with Gasteiger partial charge in [-0.05, 0) is 36.4 Å². The molecule has 0 aromatic heterocycles. The van der Waals surface area contributed by atoms with E-state index in [1.54, 1.807) is 42.5 Å². The third-order valence-corrected chi connectivity index (χ3v) is 4.33. The lowest BCUT2D eigenvalue weighted by Gasteiger charge is -2.17. The molecule has 0 atom stereocenters. The Kier molecular flexibility index (Phi) is 4.15. The lowest BCUT2D eigenvalue weighted by molar-refractivity contribution is -0.137. The molecule has 0 radical (unpaired) electrons. The number of carbonyl (C=O) groups is 1. The van der Waals surface area contributed by atoms with E-state index in [4.69, 9.17) is 0 Å². The van der Waals surface area contributed by atoms with E-state index in [1.165, 1.54) is 23.1 Å². The summed E-state index contributed by atoms with van der Waals surface area (Å²) in [6, 6.07) is 17.7. The van der Waals surface area contributed by atoms with Crippen LogP contribution in [0.4, 0.5) is 30.2 Å². The second-order valence-corrected chi connectivity index (χ2v) is 6.16. The quantitative estimate of drug-likeness (QED) is 0.662. The standard InChI is InChI=1S/C21H13F3N2O2/c22-21(23,24)13-6-4-7-14(12-13)25-18-16-10-5-11-17(27)19(16)26(20(18)28)15-8-2-1-3-9-15/h1-12,27H. The largest absolute Gasteiger partial charge is 0.506 e. The smallest absolute Gasteiger partial charge is 0.416 e. The molecule has 1 heterocycles. The number of para-hydroxylation sites is 2. The average molecular weight is 382 g/mol. The highest BCUT2D eigenvalue weighted by atomic mass is 19.4. The van der Waals surface area contributed by atoms with Crippen LogP contribution < -0.4 is 4.90 Å². The monoisotopic (exact) mass is 382 g/mol. The predicted molar refractivity (Wildman–Crippen MR) is 99.3 cm³/mol. The highest BCUT2D eigenvalue weighted by molar-refractivity contribution is 6.56. The Morgan fingerprint density at radius 3 is 2.32 bits per heavy atom. The first-order chi connectivity index (χ1) is 13.4. The molecular weight excluding hydrogens is 369 g/mol. The molecule has 0 spiro atoms. The highest BCUT2D eigenvalue weighted by Crippen LogP contribution is 2.42. The number of nitrogens with zero attached hydrogens (tertiary/aromatic N) is 2. The normalized spacial score (nSPS) is 15.2. The van der Waals surface area contributed by atoms with Crippen molar-refractivity contribution in [3.05, 3.63) is 83.9 Å². The van der Waals surface area contributed by atoms with Crippen LogP contribution in [0.2, 0.25) is 0 Å². The Morgan fingerprint density at radius 2 is 1.61 bits per heavy atom. The van der Waals surface area contributed by atoms with Crippen LogP contribution in [0.5, 0.6) is 5.75 Å². The van der Waals surface area contributed by atoms with Crippen molar-refractivity contribution in [2.75, 3.05) is 4.90 Å². The molecule has 3 aromatic carbocycles. The predicted octanol–water partition coefficient (Wildman–Crippen LogP) is 5.21. The molecule has 0 saturated carbocycles. The van der Waals surface area contributed by atoms with Gasteiger partial charge in [0.2, 0.25) is 0 Å². The van der Waals surface area contributed by atoms with E-state index in [2.05, 4.69) is 4.99 Å². The summed E-state index contributed by atoms with van der Waals surface area (Å²) in [5.74, 6) is -0.649. The number of phenolic OH excluding ortho intramolecular Hbond substituents is 1. The van der Waals surface area contributed by atoms with Crippen molar-refractivity contribution in [1.82, 2.24) is 0 Å². The second kappa shape index (κ2) is 6.53. The summed E-state index contributed by atoms with van der Waals surface area (Å²) < 4.78 is 38.9. The van der Waals surface area contributed by atoms with Gasteiger partial charge in [-0.2, -0.15) is 13.2 Å². The number of phenols is 1. The van der Waals surface area contributed by atoms with Crippen molar-refractivity contribution in [2.45, 2.75) is 6.18 Å². The molecule has 0 fully saturated rings. The number of alkyl halides is 3. The van der Waals surface area contributed by atoms with E-state index >= 15 is 0 Å². The zero-order chi connectivity index (χ0) is 19.9. The topological polar surface area (TPSA) is 52.9 Å². The maximum Gasteiger partial charge on any atom is 0.416 e. The fourth-order valence-electron chi connectivity index (χ4n) is 3.09. The van der Waals surface area contributed by atoms with Crippen LogP contribution in [0.15, 0.2) is 77.8 Å². The number of benzene rings is 3. The van der Waals surface area contributed by atoms with Crippen LogP contribution in [0.1, 0.15) is 11.1 Å². The first kappa shape index (κ1) is 17.8. The van der Waals surface area contributed by atoms with Crippen LogP contribution in [0.25, 0.3) is 0 Å². The zero-order valence-electron chi connectivity index (χ0n) is 14.3. The molecule has 4 rings (SSSR count). The molecule has 4 nitrogen and oxygen atoms in total. The van der Waals surface area contributed by atoms with Gasteiger partial charge >= 0.3 is 6.18 Å². The number of hydrogen-bond acceptors (Lipinski definition) is 3. The molecular formula is C21H13F3N2O2. The molecule has 140 valence electrons. The molecule has 28 heavy (non-hydrogen) atoms. The molecule has 7 heteroatoms. The van der Waals surface area contributed by atoms with E-state index in [0.29, 0.717) is 11.3 Å². The molecule has 0 aliphatic carbocycles. The minimum Gasteiger partial charge on any atom is -0.506 e. The molecule has 1 N–H and O–H groups in total. The van der Waals surface area contributed by atoms with Gasteiger partial charge in [0.05, 0.1) is 11.3 Å². The summed E-state index contributed by atoms with van der Waals surface area (Å²) in [4.78, 5) is 18.6. The van der Waals surface area contributed by atoms with Crippen molar-refractivity contribution in [2.24, 2.45) is 4.99 Å². The molecule has 0 saturated heterocycles. The second-order valence-electron chi connectivity index (χ2n) is 6.16. The maximum atomic E-state index is 13.1. The minimum absolute atomic E-state index is 0.00220. The number of anilines is 2. The maximum absolute atomic E-state index is 13.1. The molecule has 1 aliphatic heterocycles. The highest BCUT2D eigenvalue weighted by Gasteiger charge is 2.37. The lowest BCUT2D eigenvalue weighted by atomic mass is 10.1. The average Bonchev–Trinajstić information content (AvgIpc) is 2.95. The van der Waals surface area contributed by atoms with Crippen LogP contribution in [0, 0.1) is 0 Å². The van der Waals surface area contributed by atoms with E-state index < -0.39 is 17.6 Å². The fraction of sp³-hybridized carbons (Fsp3) is 0.0476. The van der Waals surface area contributed by atoms with E-state index in [0.717, 1.165) is 12.1 Å². The molecule has 0 bridgehead atoms. The third kappa shape index (κ3) is 3.00. The Bertz CT molecular complexity index is 1090. The molecule has 0 unspecified atom stereocenters. The van der Waals surface area contributed by atoms with Crippen molar-refractivity contribution in [3.8, 4) is 5.75 Å². The first-order valence-electron chi connectivity index (χ1n) is 8.34. The van der Waals surface area contributed by atoms with Gasteiger partial charge in [0.1, 0.15) is 17.1 Å². The number of rotatable bonds is 2. The number of fused-ring (bicyclic) bond motifs is 1. The van der Waals surface area contributed by atoms with Gasteiger partial charge < -0.3 is 5.11 Å². The summed E-state index contributed by atoms with van der Waals surface area (Å²) in [7, 11) is 0. The summed E-state index contributed by atoms with van der Waals surface area (Å²) in [6.45, 7) is 0. The summed E-state index contributed by atoms with van der Waals surface area (Å²) in [5, 5.41) is 10.3. The zero-order valence-corrected chi connectivity index (χ0v) is 14.3. The van der Waals surface area contributed by atoms with Gasteiger partial charge in [-0.3, -0.25) is 9.69 Å². The molecule has 3 aromatic rings. The molecule has 1 aliphatic rings. The third-order valence-electron chi connectivity index (χ3n) is 4.33. The number of amides is 1. The first-order valence-corrected chi connectivity index (χ1v) is 8.34. The van der Waals surface area contributed by atoms with Gasteiger partial charge in [0.15, 0.2) is 0 Å². The Hall–Kier alpha value is -3.61. The van der Waals surface area contributed by atoms with Crippen LogP contribution in [-0.4, -0.2) is 16.7 Å². The summed E-state index contributed by atoms with van der Waals surface area (Å²) >= 11 is 0. The van der Waals surface area contributed by atoms with Gasteiger partial charge in [-0.25, -0.2) is 4.99 Å². The minimum atomic E-state index is -4.51. The Morgan fingerprint density at radius 1 is 0.893 bits per heavy atom. The SMILES string of the molecule is O=C1C(=Nc2cccc(C(F)(F)F)c2)c2cccc(O)c2N1c1ccccc1.